The van der Waals surface area contributed by atoms with Crippen molar-refractivity contribution in [2.24, 2.45) is 7.05 Å². The lowest BCUT2D eigenvalue weighted by Crippen LogP contribution is -2.34. The monoisotopic (exact) mass is 444 g/mol. The summed E-state index contributed by atoms with van der Waals surface area (Å²) >= 11 is 0. The molecule has 0 saturated carbocycles. The first-order chi connectivity index (χ1) is 14.7. The van der Waals surface area contributed by atoms with Gasteiger partial charge < -0.3 is 9.80 Å². The minimum absolute atomic E-state index is 0.0578. The molecule has 162 valence electrons. The summed E-state index contributed by atoms with van der Waals surface area (Å²) in [5.41, 5.74) is 2.02. The van der Waals surface area contributed by atoms with Gasteiger partial charge in [0, 0.05) is 62.2 Å². The van der Waals surface area contributed by atoms with E-state index >= 15 is 0 Å². The van der Waals surface area contributed by atoms with E-state index in [0.29, 0.717) is 18.7 Å². The van der Waals surface area contributed by atoms with Crippen molar-refractivity contribution in [2.45, 2.75) is 32.0 Å². The topological polar surface area (TPSA) is 70.1 Å². The number of hydrogen-bond donors (Lipinski definition) is 1. The number of aromatic nitrogens is 4. The predicted octanol–water partition coefficient (Wildman–Crippen LogP) is 3.33. The van der Waals surface area contributed by atoms with Gasteiger partial charge in [0.05, 0.1) is 6.54 Å². The van der Waals surface area contributed by atoms with Crippen molar-refractivity contribution < 1.29 is 13.6 Å². The van der Waals surface area contributed by atoms with Gasteiger partial charge in [-0.15, -0.1) is 0 Å². The minimum atomic E-state index is -3.10. The van der Waals surface area contributed by atoms with Gasteiger partial charge in [-0.1, -0.05) is 15.3 Å². The lowest BCUT2D eigenvalue weighted by atomic mass is 10.0. The molecule has 1 amide bonds. The van der Waals surface area contributed by atoms with Gasteiger partial charge in [0.2, 0.25) is 5.91 Å². The van der Waals surface area contributed by atoms with Crippen LogP contribution in [0.3, 0.4) is 0 Å². The molecular weight excluding hydrogens is 421 g/mol. The molecule has 2 aliphatic rings. The standard InChI is InChI=1S/C21H23F2N6OP/c1-12(30)28-7-6-17-16(11-28)20(25-24-17)29-8-5-14-9-13(3-4-18(14)29)15-10-27(2)26-19(15)21(22,23)31/h3-4,9-10H,5-8,11,31H2,1-2H3,(H,24,25). The van der Waals surface area contributed by atoms with Crippen LogP contribution in [0.25, 0.3) is 11.1 Å². The second kappa shape index (κ2) is 7.12. The Morgan fingerprint density at radius 3 is 2.81 bits per heavy atom. The quantitative estimate of drug-likeness (QED) is 0.630. The van der Waals surface area contributed by atoms with Crippen LogP contribution in [0.2, 0.25) is 0 Å². The second-order valence-electron chi connectivity index (χ2n) is 8.13. The van der Waals surface area contributed by atoms with Crippen molar-refractivity contribution in [1.29, 1.82) is 0 Å². The minimum Gasteiger partial charge on any atom is -0.338 e. The maximum atomic E-state index is 14.0. The number of halogens is 2. The number of nitrogens with one attached hydrogen (secondary N) is 1. The zero-order chi connectivity index (χ0) is 21.9. The number of fused-ring (bicyclic) bond motifs is 2. The molecule has 4 heterocycles. The van der Waals surface area contributed by atoms with Crippen LogP contribution in [0, 0.1) is 0 Å². The molecular formula is C21H23F2N6OP. The molecule has 1 aromatic carbocycles. The average Bonchev–Trinajstić information content (AvgIpc) is 3.42. The largest absolute Gasteiger partial charge is 0.338 e. The Hall–Kier alpha value is -2.80. The van der Waals surface area contributed by atoms with E-state index in [1.807, 2.05) is 23.1 Å². The summed E-state index contributed by atoms with van der Waals surface area (Å²) in [5.74, 6) is 0.897. The highest BCUT2D eigenvalue weighted by atomic mass is 31.0. The van der Waals surface area contributed by atoms with Gasteiger partial charge >= 0.3 is 5.66 Å². The van der Waals surface area contributed by atoms with Gasteiger partial charge in [-0.2, -0.15) is 19.0 Å². The fourth-order valence-corrected chi connectivity index (χ4v) is 4.72. The number of aromatic amines is 1. The summed E-state index contributed by atoms with van der Waals surface area (Å²) in [6.45, 7) is 3.57. The van der Waals surface area contributed by atoms with E-state index in [1.54, 1.807) is 29.4 Å². The van der Waals surface area contributed by atoms with E-state index in [1.165, 1.54) is 4.68 Å². The van der Waals surface area contributed by atoms with Crippen LogP contribution >= 0.6 is 9.24 Å². The van der Waals surface area contributed by atoms with E-state index in [4.69, 9.17) is 0 Å². The number of carbonyl (C=O) groups is 1. The molecule has 3 aromatic rings. The summed E-state index contributed by atoms with van der Waals surface area (Å²) in [6, 6.07) is 5.78. The Labute approximate surface area is 180 Å². The van der Waals surface area contributed by atoms with Crippen LogP contribution in [0.4, 0.5) is 20.3 Å². The lowest BCUT2D eigenvalue weighted by Gasteiger charge is -2.27. The van der Waals surface area contributed by atoms with Crippen molar-refractivity contribution in [3.8, 4) is 11.1 Å². The van der Waals surface area contributed by atoms with Crippen LogP contribution in [0.1, 0.15) is 29.4 Å². The molecule has 0 aliphatic carbocycles. The van der Waals surface area contributed by atoms with Crippen molar-refractivity contribution in [2.75, 3.05) is 18.0 Å². The first-order valence-corrected chi connectivity index (χ1v) is 10.7. The Morgan fingerprint density at radius 2 is 2.06 bits per heavy atom. The molecule has 0 radical (unpaired) electrons. The number of anilines is 2. The smallest absolute Gasteiger partial charge is 0.302 e. The molecule has 31 heavy (non-hydrogen) atoms. The number of alkyl halides is 2. The first kappa shape index (κ1) is 20.1. The predicted molar refractivity (Wildman–Crippen MR) is 116 cm³/mol. The fraction of sp³-hybridized carbons (Fsp3) is 0.381. The molecule has 1 unspecified atom stereocenters. The number of nitrogens with zero attached hydrogens (tertiary/aromatic N) is 5. The Bertz CT molecular complexity index is 1180. The lowest BCUT2D eigenvalue weighted by molar-refractivity contribution is -0.129. The van der Waals surface area contributed by atoms with Crippen molar-refractivity contribution >= 4 is 26.7 Å². The van der Waals surface area contributed by atoms with Crippen LogP contribution in [0.5, 0.6) is 0 Å². The summed E-state index contributed by atoms with van der Waals surface area (Å²) in [5, 5.41) is 11.6. The molecule has 0 bridgehead atoms. The summed E-state index contributed by atoms with van der Waals surface area (Å²) in [6.07, 6.45) is 3.17. The Kier molecular flexibility index (Phi) is 4.62. The third kappa shape index (κ3) is 3.41. The zero-order valence-electron chi connectivity index (χ0n) is 17.3. The highest BCUT2D eigenvalue weighted by Gasteiger charge is 2.33. The Balaban J connectivity index is 1.50. The molecule has 10 heteroatoms. The van der Waals surface area contributed by atoms with E-state index in [2.05, 4.69) is 20.2 Å². The number of benzene rings is 1. The van der Waals surface area contributed by atoms with Crippen LogP contribution in [-0.4, -0.2) is 43.9 Å². The highest BCUT2D eigenvalue weighted by molar-refractivity contribution is 7.17. The van der Waals surface area contributed by atoms with E-state index in [9.17, 15) is 13.6 Å². The van der Waals surface area contributed by atoms with E-state index < -0.39 is 5.66 Å². The van der Waals surface area contributed by atoms with Gasteiger partial charge in [0.1, 0.15) is 5.69 Å². The summed E-state index contributed by atoms with van der Waals surface area (Å²) in [4.78, 5) is 15.8. The highest BCUT2D eigenvalue weighted by Crippen LogP contribution is 2.43. The molecule has 1 atom stereocenters. The van der Waals surface area contributed by atoms with Crippen molar-refractivity contribution in [3.05, 3.63) is 46.9 Å². The molecule has 1 N–H and O–H groups in total. The molecule has 2 aromatic heterocycles. The summed E-state index contributed by atoms with van der Waals surface area (Å²) in [7, 11) is 3.21. The van der Waals surface area contributed by atoms with Gasteiger partial charge in [0.25, 0.3) is 0 Å². The van der Waals surface area contributed by atoms with Crippen LogP contribution in [-0.2, 0) is 36.9 Å². The third-order valence-corrected chi connectivity index (χ3v) is 6.32. The van der Waals surface area contributed by atoms with Crippen molar-refractivity contribution in [3.63, 3.8) is 0 Å². The van der Waals surface area contributed by atoms with E-state index in [0.717, 1.165) is 53.3 Å². The van der Waals surface area contributed by atoms with Gasteiger partial charge in [-0.05, 0) is 29.7 Å². The first-order valence-electron chi connectivity index (χ1n) is 10.2. The van der Waals surface area contributed by atoms with Gasteiger partial charge in [-0.25, -0.2) is 0 Å². The number of amides is 1. The number of aryl methyl sites for hydroxylation is 1. The van der Waals surface area contributed by atoms with Gasteiger partial charge in [-0.3, -0.25) is 14.6 Å². The number of hydrogen-bond acceptors (Lipinski definition) is 4. The zero-order valence-corrected chi connectivity index (χ0v) is 18.5. The normalized spacial score (nSPS) is 15.9. The van der Waals surface area contributed by atoms with E-state index in [-0.39, 0.29) is 11.6 Å². The van der Waals surface area contributed by atoms with Crippen molar-refractivity contribution in [1.82, 2.24) is 24.9 Å². The molecule has 7 nitrogen and oxygen atoms in total. The molecule has 5 rings (SSSR count). The molecule has 0 spiro atoms. The second-order valence-corrected chi connectivity index (χ2v) is 8.85. The molecule has 0 fully saturated rings. The maximum absolute atomic E-state index is 14.0. The Morgan fingerprint density at radius 1 is 1.26 bits per heavy atom. The SMILES string of the molecule is CC(=O)N1CCc2[nH]nc(N3CCc4cc(-c5cn(C)nc5C(F)(F)P)ccc43)c2C1. The number of H-pyrrole nitrogens is 1. The molecule has 2 aliphatic heterocycles. The van der Waals surface area contributed by atoms with Gasteiger partial charge in [0.15, 0.2) is 5.82 Å². The fourth-order valence-electron chi connectivity index (χ4n) is 4.51. The third-order valence-electron chi connectivity index (χ3n) is 6.04. The maximum Gasteiger partial charge on any atom is 0.302 e. The van der Waals surface area contributed by atoms with Crippen LogP contribution in [0.15, 0.2) is 24.4 Å². The number of rotatable bonds is 3. The van der Waals surface area contributed by atoms with Crippen LogP contribution < -0.4 is 4.90 Å². The summed E-state index contributed by atoms with van der Waals surface area (Å²) < 4.78 is 29.5. The number of carbonyl (C=O) groups excluding carboxylic acids is 1. The molecule has 0 saturated heterocycles. The average molecular weight is 444 g/mol.